The third-order valence-electron chi connectivity index (χ3n) is 6.21. The third-order valence-corrected chi connectivity index (χ3v) is 6.21. The molecule has 1 nitrogen and oxygen atoms in total. The molecule has 0 bridgehead atoms. The van der Waals surface area contributed by atoms with Gasteiger partial charge in [0.2, 0.25) is 0 Å². The van der Waals surface area contributed by atoms with Crippen LogP contribution >= 0.6 is 0 Å². The molecule has 0 unspecified atom stereocenters. The van der Waals surface area contributed by atoms with Gasteiger partial charge in [0.05, 0.1) is 5.52 Å². The zero-order chi connectivity index (χ0) is 18.2. The lowest BCUT2D eigenvalue weighted by Gasteiger charge is -2.11. The molecule has 128 valence electrons. The Kier molecular flexibility index (Phi) is 2.54. The highest BCUT2D eigenvalue weighted by Gasteiger charge is 2.21. The van der Waals surface area contributed by atoms with E-state index in [1.807, 2.05) is 12.3 Å². The quantitative estimate of drug-likeness (QED) is 0.281. The van der Waals surface area contributed by atoms with Gasteiger partial charge in [-0.25, -0.2) is 0 Å². The van der Waals surface area contributed by atoms with Crippen molar-refractivity contribution in [3.8, 4) is 22.3 Å². The zero-order valence-electron chi connectivity index (χ0n) is 15.1. The second kappa shape index (κ2) is 4.96. The fourth-order valence-electron chi connectivity index (χ4n) is 4.97. The smallest absolute Gasteiger partial charge is 0.0708 e. The number of rotatable bonds is 1. The fourth-order valence-corrected chi connectivity index (χ4v) is 4.97. The summed E-state index contributed by atoms with van der Waals surface area (Å²) in [6.07, 6.45) is 1.86. The van der Waals surface area contributed by atoms with E-state index in [-0.39, 0.29) is 0 Å². The van der Waals surface area contributed by atoms with Gasteiger partial charge in [0.15, 0.2) is 0 Å². The molecular weight excluding hydrogens is 338 g/mol. The summed E-state index contributed by atoms with van der Waals surface area (Å²) in [5.74, 6) is 0. The average Bonchev–Trinajstić information content (AvgIpc) is 3.11. The molecule has 0 saturated heterocycles. The van der Waals surface area contributed by atoms with E-state index in [4.69, 9.17) is 0 Å². The highest BCUT2D eigenvalue weighted by atomic mass is 14.6. The molecule has 1 aliphatic carbocycles. The Bertz CT molecular complexity index is 1610. The Balaban J connectivity index is 1.63. The maximum atomic E-state index is 4.55. The number of hydrogen-bond donors (Lipinski definition) is 0. The molecule has 7 rings (SSSR count). The number of benzene rings is 5. The van der Waals surface area contributed by atoms with E-state index in [1.54, 1.807) is 0 Å². The van der Waals surface area contributed by atoms with Gasteiger partial charge in [0, 0.05) is 11.6 Å². The molecule has 0 N–H and O–H groups in total. The molecule has 1 heterocycles. The Morgan fingerprint density at radius 2 is 1.25 bits per heavy atom. The number of hydrogen-bond acceptors (Lipinski definition) is 1. The number of nitrogens with zero attached hydrogens (tertiary/aromatic N) is 1. The third kappa shape index (κ3) is 1.69. The molecule has 1 aliphatic rings. The van der Waals surface area contributed by atoms with Crippen LogP contribution in [-0.4, -0.2) is 4.98 Å². The molecule has 1 heteroatoms. The van der Waals surface area contributed by atoms with Crippen LogP contribution in [0.3, 0.4) is 0 Å². The summed E-state index contributed by atoms with van der Waals surface area (Å²) >= 11 is 0. The van der Waals surface area contributed by atoms with Crippen molar-refractivity contribution in [1.82, 2.24) is 4.98 Å². The maximum absolute atomic E-state index is 4.55. The van der Waals surface area contributed by atoms with Gasteiger partial charge >= 0.3 is 0 Å². The molecule has 0 saturated carbocycles. The summed E-state index contributed by atoms with van der Waals surface area (Å²) < 4.78 is 0. The average molecular weight is 353 g/mol. The lowest BCUT2D eigenvalue weighted by Crippen LogP contribution is -1.85. The molecule has 28 heavy (non-hydrogen) atoms. The lowest BCUT2D eigenvalue weighted by molar-refractivity contribution is 1.41. The predicted octanol–water partition coefficient (Wildman–Crippen LogP) is 7.34. The second-order valence-electron chi connectivity index (χ2n) is 7.63. The van der Waals surface area contributed by atoms with Crippen LogP contribution < -0.4 is 0 Å². The Hall–Kier alpha value is -3.71. The van der Waals surface area contributed by atoms with Crippen molar-refractivity contribution in [2.24, 2.45) is 0 Å². The summed E-state index contributed by atoms with van der Waals surface area (Å²) in [6, 6.07) is 31.0. The lowest BCUT2D eigenvalue weighted by atomic mass is 9.93. The molecule has 0 spiro atoms. The molecule has 0 atom stereocenters. The van der Waals surface area contributed by atoms with Crippen LogP contribution in [0.1, 0.15) is 0 Å². The first-order valence-electron chi connectivity index (χ1n) is 9.65. The summed E-state index contributed by atoms with van der Waals surface area (Å²) in [4.78, 5) is 4.55. The number of pyridine rings is 1. The van der Waals surface area contributed by atoms with E-state index in [1.165, 1.54) is 60.0 Å². The standard InChI is InChI=1S/C27H15N/c1-3-17-7-8-18-10-11-22-20(19-9-6-16-4-2-14-28-24(16)15-19)12-13-23-21(5-1)25(17)26(18)27(22)23/h1-15H. The van der Waals surface area contributed by atoms with E-state index in [0.29, 0.717) is 0 Å². The van der Waals surface area contributed by atoms with Crippen LogP contribution in [0.5, 0.6) is 0 Å². The van der Waals surface area contributed by atoms with Crippen LogP contribution in [0.2, 0.25) is 0 Å². The SMILES string of the molecule is c1cnc2cc(-c3ccc4c5c3ccc3ccc6cccc-4c6c35)ccc2c1. The zero-order valence-corrected chi connectivity index (χ0v) is 15.1. The normalized spacial score (nSPS) is 12.3. The molecule has 6 aromatic rings. The number of fused-ring (bicyclic) bond motifs is 2. The first kappa shape index (κ1) is 14.4. The molecule has 1 aromatic heterocycles. The second-order valence-corrected chi connectivity index (χ2v) is 7.63. The largest absolute Gasteiger partial charge is 0.256 e. The van der Waals surface area contributed by atoms with Gasteiger partial charge < -0.3 is 0 Å². The summed E-state index contributed by atoms with van der Waals surface area (Å²) in [5, 5.41) is 9.34. The van der Waals surface area contributed by atoms with Gasteiger partial charge in [-0.15, -0.1) is 0 Å². The van der Waals surface area contributed by atoms with Gasteiger partial charge in [0.1, 0.15) is 0 Å². The van der Waals surface area contributed by atoms with Crippen molar-refractivity contribution >= 4 is 43.2 Å². The van der Waals surface area contributed by atoms with Crippen molar-refractivity contribution in [3.63, 3.8) is 0 Å². The monoisotopic (exact) mass is 353 g/mol. The van der Waals surface area contributed by atoms with Gasteiger partial charge in [-0.1, -0.05) is 72.8 Å². The van der Waals surface area contributed by atoms with Crippen LogP contribution in [0.4, 0.5) is 0 Å². The van der Waals surface area contributed by atoms with Crippen molar-refractivity contribution < 1.29 is 0 Å². The van der Waals surface area contributed by atoms with E-state index < -0.39 is 0 Å². The minimum Gasteiger partial charge on any atom is -0.256 e. The summed E-state index contributed by atoms with van der Waals surface area (Å²) in [7, 11) is 0. The molecular formula is C27H15N. The molecule has 5 aromatic carbocycles. The van der Waals surface area contributed by atoms with Crippen LogP contribution in [0.25, 0.3) is 65.5 Å². The Morgan fingerprint density at radius 1 is 0.500 bits per heavy atom. The molecule has 0 amide bonds. The summed E-state index contributed by atoms with van der Waals surface area (Å²) in [5.41, 5.74) is 6.26. The minimum atomic E-state index is 1.04. The van der Waals surface area contributed by atoms with E-state index in [9.17, 15) is 0 Å². The maximum Gasteiger partial charge on any atom is 0.0708 e. The molecule has 0 radical (unpaired) electrons. The van der Waals surface area contributed by atoms with Gasteiger partial charge in [-0.05, 0) is 66.7 Å². The Morgan fingerprint density at radius 3 is 2.21 bits per heavy atom. The van der Waals surface area contributed by atoms with Crippen molar-refractivity contribution in [2.75, 3.05) is 0 Å². The Labute approximate surface area is 161 Å². The topological polar surface area (TPSA) is 12.9 Å². The highest BCUT2D eigenvalue weighted by molar-refractivity contribution is 6.34. The first-order chi connectivity index (χ1) is 13.9. The van der Waals surface area contributed by atoms with Gasteiger partial charge in [-0.3, -0.25) is 4.98 Å². The summed E-state index contributed by atoms with van der Waals surface area (Å²) in [6.45, 7) is 0. The van der Waals surface area contributed by atoms with Gasteiger partial charge in [0.25, 0.3) is 0 Å². The van der Waals surface area contributed by atoms with Crippen LogP contribution in [0, 0.1) is 0 Å². The van der Waals surface area contributed by atoms with Crippen molar-refractivity contribution in [3.05, 3.63) is 91.1 Å². The first-order valence-corrected chi connectivity index (χ1v) is 9.65. The number of aromatic nitrogens is 1. The van der Waals surface area contributed by atoms with Crippen molar-refractivity contribution in [2.45, 2.75) is 0 Å². The highest BCUT2D eigenvalue weighted by Crippen LogP contribution is 2.49. The van der Waals surface area contributed by atoms with Crippen LogP contribution in [0.15, 0.2) is 91.1 Å². The van der Waals surface area contributed by atoms with Crippen molar-refractivity contribution in [1.29, 1.82) is 0 Å². The predicted molar refractivity (Wildman–Crippen MR) is 119 cm³/mol. The fraction of sp³-hybridized carbons (Fsp3) is 0. The van der Waals surface area contributed by atoms with Crippen LogP contribution in [-0.2, 0) is 0 Å². The minimum absolute atomic E-state index is 1.04. The van der Waals surface area contributed by atoms with E-state index >= 15 is 0 Å². The van der Waals surface area contributed by atoms with E-state index in [2.05, 4.69) is 83.8 Å². The molecule has 0 fully saturated rings. The molecule has 0 aliphatic heterocycles. The van der Waals surface area contributed by atoms with Gasteiger partial charge in [-0.2, -0.15) is 0 Å². The van der Waals surface area contributed by atoms with E-state index in [0.717, 1.165) is 5.52 Å².